The first-order chi connectivity index (χ1) is 12.3. The number of amides is 1. The van der Waals surface area contributed by atoms with E-state index in [9.17, 15) is 4.79 Å². The van der Waals surface area contributed by atoms with Crippen molar-refractivity contribution in [3.05, 3.63) is 71.5 Å². The number of benzene rings is 2. The molecule has 6 heteroatoms. The van der Waals surface area contributed by atoms with Crippen LogP contribution in [0.1, 0.15) is 21.7 Å². The minimum Gasteiger partial charge on any atom is -0.376 e. The van der Waals surface area contributed by atoms with Gasteiger partial charge in [-0.3, -0.25) is 9.89 Å². The van der Waals surface area contributed by atoms with Gasteiger partial charge in [-0.25, -0.2) is 0 Å². The maximum Gasteiger partial charge on any atom is 0.276 e. The highest BCUT2D eigenvalue weighted by Gasteiger charge is 2.22. The molecule has 0 bridgehead atoms. The quantitative estimate of drug-likeness (QED) is 0.682. The van der Waals surface area contributed by atoms with Gasteiger partial charge in [0.1, 0.15) is 0 Å². The van der Waals surface area contributed by atoms with Crippen molar-refractivity contribution in [1.29, 1.82) is 0 Å². The largest absolute Gasteiger partial charge is 0.376 e. The van der Waals surface area contributed by atoms with E-state index in [-0.39, 0.29) is 5.91 Å². The first-order valence-electron chi connectivity index (χ1n) is 8.17. The zero-order valence-corrected chi connectivity index (χ0v) is 13.6. The Morgan fingerprint density at radius 3 is 2.52 bits per heavy atom. The monoisotopic (exact) mass is 334 g/mol. The number of carbonyl (C=O) groups excluding carboxylic acids is 1. The molecule has 1 amide bonds. The molecule has 1 aromatic heterocycles. The van der Waals surface area contributed by atoms with Gasteiger partial charge in [-0.15, -0.1) is 0 Å². The summed E-state index contributed by atoms with van der Waals surface area (Å²) >= 11 is 0. The number of ether oxygens (including phenoxy) is 1. The molecule has 0 fully saturated rings. The summed E-state index contributed by atoms with van der Waals surface area (Å²) in [6.07, 6.45) is 0.759. The second kappa shape index (κ2) is 6.78. The van der Waals surface area contributed by atoms with Crippen LogP contribution >= 0.6 is 0 Å². The van der Waals surface area contributed by atoms with E-state index in [1.807, 2.05) is 54.6 Å². The third-order valence-corrected chi connectivity index (χ3v) is 4.12. The van der Waals surface area contributed by atoms with Gasteiger partial charge in [0.05, 0.1) is 13.2 Å². The normalized spacial score (nSPS) is 13.1. The van der Waals surface area contributed by atoms with Gasteiger partial charge >= 0.3 is 0 Å². The van der Waals surface area contributed by atoms with Crippen LogP contribution in [0, 0.1) is 0 Å². The van der Waals surface area contributed by atoms with Gasteiger partial charge in [-0.2, -0.15) is 5.10 Å². The summed E-state index contributed by atoms with van der Waals surface area (Å²) in [5.74, 6) is -0.230. The van der Waals surface area contributed by atoms with Gasteiger partial charge in [0, 0.05) is 34.7 Å². The molecular formula is C19H18N4O2. The van der Waals surface area contributed by atoms with E-state index < -0.39 is 0 Å². The van der Waals surface area contributed by atoms with Crippen LogP contribution in [0.25, 0.3) is 0 Å². The second-order valence-corrected chi connectivity index (χ2v) is 5.85. The maximum atomic E-state index is 12.5. The Morgan fingerprint density at radius 1 is 1.00 bits per heavy atom. The fourth-order valence-corrected chi connectivity index (χ4v) is 2.82. The van der Waals surface area contributed by atoms with Crippen molar-refractivity contribution < 1.29 is 9.53 Å². The predicted octanol–water partition coefficient (Wildman–Crippen LogP) is 3.48. The number of aromatic nitrogens is 2. The molecule has 2 aromatic carbocycles. The molecule has 0 spiro atoms. The van der Waals surface area contributed by atoms with Crippen molar-refractivity contribution in [2.45, 2.75) is 13.0 Å². The van der Waals surface area contributed by atoms with Gasteiger partial charge in [0.25, 0.3) is 5.91 Å². The van der Waals surface area contributed by atoms with Crippen molar-refractivity contribution in [2.75, 3.05) is 17.2 Å². The number of para-hydroxylation sites is 1. The molecule has 25 heavy (non-hydrogen) atoms. The molecule has 0 aliphatic carbocycles. The topological polar surface area (TPSA) is 79.0 Å². The molecule has 0 saturated carbocycles. The average Bonchev–Trinajstić information content (AvgIpc) is 3.08. The van der Waals surface area contributed by atoms with Crippen LogP contribution in [0.15, 0.2) is 54.6 Å². The molecule has 2 heterocycles. The van der Waals surface area contributed by atoms with Crippen molar-refractivity contribution in [1.82, 2.24) is 10.2 Å². The van der Waals surface area contributed by atoms with E-state index >= 15 is 0 Å². The van der Waals surface area contributed by atoms with Crippen molar-refractivity contribution in [3.8, 4) is 0 Å². The van der Waals surface area contributed by atoms with E-state index in [0.717, 1.165) is 34.7 Å². The summed E-state index contributed by atoms with van der Waals surface area (Å²) < 4.78 is 5.42. The van der Waals surface area contributed by atoms with E-state index in [1.165, 1.54) is 0 Å². The maximum absolute atomic E-state index is 12.5. The van der Waals surface area contributed by atoms with E-state index in [4.69, 9.17) is 4.74 Å². The Bertz CT molecular complexity index is 872. The first kappa shape index (κ1) is 15.4. The second-order valence-electron chi connectivity index (χ2n) is 5.85. The van der Waals surface area contributed by atoms with E-state index in [1.54, 1.807) is 0 Å². The average molecular weight is 334 g/mol. The van der Waals surface area contributed by atoms with Gasteiger partial charge in [0.2, 0.25) is 0 Å². The zero-order chi connectivity index (χ0) is 17.1. The smallest absolute Gasteiger partial charge is 0.276 e. The van der Waals surface area contributed by atoms with Gasteiger partial charge in [0.15, 0.2) is 5.69 Å². The number of nitrogens with zero attached hydrogens (tertiary/aromatic N) is 1. The Balaban J connectivity index is 1.44. The Kier molecular flexibility index (Phi) is 4.18. The summed E-state index contributed by atoms with van der Waals surface area (Å²) in [4.78, 5) is 12.5. The molecule has 6 nitrogen and oxygen atoms in total. The van der Waals surface area contributed by atoms with E-state index in [2.05, 4.69) is 20.8 Å². The predicted molar refractivity (Wildman–Crippen MR) is 96.1 cm³/mol. The van der Waals surface area contributed by atoms with Gasteiger partial charge < -0.3 is 15.4 Å². The third-order valence-electron chi connectivity index (χ3n) is 4.12. The lowest BCUT2D eigenvalue weighted by Gasteiger charge is -2.12. The number of H-pyrrole nitrogens is 1. The molecule has 0 atom stereocenters. The summed E-state index contributed by atoms with van der Waals surface area (Å²) in [5, 5.41) is 13.3. The van der Waals surface area contributed by atoms with Crippen molar-refractivity contribution in [2.24, 2.45) is 0 Å². The number of hydrogen-bond acceptors (Lipinski definition) is 4. The molecule has 1 aliphatic heterocycles. The fourth-order valence-electron chi connectivity index (χ4n) is 2.82. The van der Waals surface area contributed by atoms with Crippen LogP contribution in [-0.4, -0.2) is 22.7 Å². The Morgan fingerprint density at radius 2 is 1.72 bits per heavy atom. The molecule has 3 aromatic rings. The van der Waals surface area contributed by atoms with E-state index in [0.29, 0.717) is 18.9 Å². The minimum absolute atomic E-state index is 0.230. The first-order valence-corrected chi connectivity index (χ1v) is 8.17. The molecule has 126 valence electrons. The molecule has 4 rings (SSSR count). The Hall–Kier alpha value is -3.12. The lowest BCUT2D eigenvalue weighted by Crippen LogP contribution is -2.17. The van der Waals surface area contributed by atoms with Crippen LogP contribution < -0.4 is 10.6 Å². The van der Waals surface area contributed by atoms with Crippen LogP contribution in [-0.2, 0) is 17.8 Å². The van der Waals surface area contributed by atoms with Crippen molar-refractivity contribution in [3.63, 3.8) is 0 Å². The lowest BCUT2D eigenvalue weighted by atomic mass is 10.1. The number of nitrogens with one attached hydrogen (secondary N) is 3. The fraction of sp³-hybridized carbons (Fsp3) is 0.158. The summed E-state index contributed by atoms with van der Waals surface area (Å²) in [5.41, 5.74) is 4.93. The number of hydrogen-bond donors (Lipinski definition) is 3. The summed E-state index contributed by atoms with van der Waals surface area (Å²) in [7, 11) is 0. The standard InChI is InChI=1S/C19H18N4O2/c24-19(18-16-12-25-11-10-17(16)22-23-18)21-15-8-6-14(7-9-15)20-13-4-2-1-3-5-13/h1-9,20H,10-12H2,(H,21,24)(H,22,23). The Labute approximate surface area is 145 Å². The highest BCUT2D eigenvalue weighted by Crippen LogP contribution is 2.21. The molecule has 0 unspecified atom stereocenters. The van der Waals surface area contributed by atoms with Crippen molar-refractivity contribution >= 4 is 23.0 Å². The highest BCUT2D eigenvalue weighted by atomic mass is 16.5. The number of aromatic amines is 1. The summed E-state index contributed by atoms with van der Waals surface area (Å²) in [6, 6.07) is 17.5. The van der Waals surface area contributed by atoms with Gasteiger partial charge in [-0.1, -0.05) is 18.2 Å². The van der Waals surface area contributed by atoms with Crippen LogP contribution in [0.4, 0.5) is 17.1 Å². The third kappa shape index (κ3) is 3.39. The number of rotatable bonds is 4. The number of carbonyl (C=O) groups is 1. The zero-order valence-electron chi connectivity index (χ0n) is 13.6. The summed E-state index contributed by atoms with van der Waals surface area (Å²) in [6.45, 7) is 1.08. The molecule has 0 saturated heterocycles. The van der Waals surface area contributed by atoms with Crippen LogP contribution in [0.2, 0.25) is 0 Å². The highest BCUT2D eigenvalue weighted by molar-refractivity contribution is 6.04. The SMILES string of the molecule is O=C(Nc1ccc(Nc2ccccc2)cc1)c1n[nH]c2c1COCC2. The lowest BCUT2D eigenvalue weighted by molar-refractivity contribution is 0.0985. The molecule has 0 radical (unpaired) electrons. The molecule has 3 N–H and O–H groups in total. The number of anilines is 3. The van der Waals surface area contributed by atoms with Crippen LogP contribution in [0.5, 0.6) is 0 Å². The van der Waals surface area contributed by atoms with Gasteiger partial charge in [-0.05, 0) is 36.4 Å². The number of fused-ring (bicyclic) bond motifs is 1. The minimum atomic E-state index is -0.230. The van der Waals surface area contributed by atoms with Crippen LogP contribution in [0.3, 0.4) is 0 Å². The molecule has 1 aliphatic rings. The molecular weight excluding hydrogens is 316 g/mol.